The predicted octanol–water partition coefficient (Wildman–Crippen LogP) is -3.05. The van der Waals surface area contributed by atoms with Crippen LogP contribution >= 0.6 is 0 Å². The molecule has 0 aromatic rings. The quantitative estimate of drug-likeness (QED) is 0.120. The van der Waals surface area contributed by atoms with E-state index in [0.29, 0.717) is 18.9 Å². The van der Waals surface area contributed by atoms with E-state index in [1.807, 2.05) is 14.0 Å². The number of likely N-dealkylation sites (N-methyl/N-ethyl adjacent to an activating group) is 2. The summed E-state index contributed by atoms with van der Waals surface area (Å²) in [6.07, 6.45) is -1.54. The number of aliphatic hydroxyl groups excluding tert-OH is 2. The second-order valence-corrected chi connectivity index (χ2v) is 11.8. The van der Waals surface area contributed by atoms with Gasteiger partial charge < -0.3 is 56.9 Å². The van der Waals surface area contributed by atoms with E-state index in [2.05, 4.69) is 16.0 Å². The lowest BCUT2D eigenvalue weighted by molar-refractivity contribution is -0.300. The number of ether oxygens (including phenoxy) is 3. The number of nitrogens with two attached hydrogens (primary N) is 2. The maximum Gasteiger partial charge on any atom is 0.394 e. The van der Waals surface area contributed by atoms with Crippen molar-refractivity contribution in [3.05, 3.63) is 0 Å². The molecule has 12 N–H and O–H groups in total. The van der Waals surface area contributed by atoms with Crippen molar-refractivity contribution in [3.63, 3.8) is 0 Å². The summed E-state index contributed by atoms with van der Waals surface area (Å²) in [6.45, 7) is 5.12. The summed E-state index contributed by atoms with van der Waals surface area (Å²) in [7, 11) is -1.06. The molecule has 16 heteroatoms. The van der Waals surface area contributed by atoms with Crippen molar-refractivity contribution >= 4 is 10.4 Å². The average molecular weight is 588 g/mol. The zero-order chi connectivity index (χ0) is 29.5. The minimum Gasteiger partial charge on any atom is -0.388 e. The van der Waals surface area contributed by atoms with Gasteiger partial charge in [0.25, 0.3) is 0 Å². The summed E-state index contributed by atoms with van der Waals surface area (Å²) >= 11 is 0. The molecule has 2 saturated carbocycles. The fraction of sp³-hybridized carbons (Fsp3) is 1.00. The van der Waals surface area contributed by atoms with Crippen LogP contribution in [-0.4, -0.2) is 133 Å². The number of aliphatic hydroxyl groups is 3. The molecule has 0 amide bonds. The molecule has 1 aliphatic heterocycles. The van der Waals surface area contributed by atoms with E-state index in [9.17, 15) is 15.3 Å². The zero-order valence-electron chi connectivity index (χ0n) is 23.1. The Labute approximate surface area is 230 Å². The van der Waals surface area contributed by atoms with Crippen molar-refractivity contribution < 1.29 is 47.1 Å². The third kappa shape index (κ3) is 10.0. The number of rotatable bonds is 9. The van der Waals surface area contributed by atoms with Gasteiger partial charge in [0.2, 0.25) is 0 Å². The zero-order valence-corrected chi connectivity index (χ0v) is 24.0. The minimum absolute atomic E-state index is 0.0157. The molecule has 39 heavy (non-hydrogen) atoms. The third-order valence-corrected chi connectivity index (χ3v) is 7.69. The lowest BCUT2D eigenvalue weighted by atomic mass is 9.81. The molecule has 1 heterocycles. The Kier molecular flexibility index (Phi) is 13.4. The third-order valence-electron chi connectivity index (χ3n) is 7.69. The van der Waals surface area contributed by atoms with Gasteiger partial charge in [0.05, 0.1) is 18.8 Å². The van der Waals surface area contributed by atoms with Crippen LogP contribution in [0.25, 0.3) is 0 Å². The topological polar surface area (TPSA) is 251 Å². The van der Waals surface area contributed by atoms with Crippen LogP contribution in [0.1, 0.15) is 39.5 Å². The lowest BCUT2D eigenvalue weighted by Gasteiger charge is -2.49. The maximum atomic E-state index is 11.4. The van der Waals surface area contributed by atoms with Gasteiger partial charge in [-0.1, -0.05) is 6.92 Å². The summed E-state index contributed by atoms with van der Waals surface area (Å²) in [6, 6.07) is -1.42. The summed E-state index contributed by atoms with van der Waals surface area (Å²) in [5.41, 5.74) is 11.6. The molecule has 15 nitrogen and oxygen atoms in total. The highest BCUT2D eigenvalue weighted by atomic mass is 32.3. The van der Waals surface area contributed by atoms with Crippen LogP contribution in [0.3, 0.4) is 0 Å². The molecule has 0 unspecified atom stereocenters. The molecule has 0 bridgehead atoms. The first-order valence-corrected chi connectivity index (χ1v) is 14.8. The van der Waals surface area contributed by atoms with Crippen molar-refractivity contribution in [1.82, 2.24) is 16.0 Å². The van der Waals surface area contributed by atoms with Crippen LogP contribution in [0.5, 0.6) is 0 Å². The molecule has 1 saturated heterocycles. The molecule has 2 aliphatic carbocycles. The highest BCUT2D eigenvalue weighted by molar-refractivity contribution is 7.79. The smallest absolute Gasteiger partial charge is 0.388 e. The molecule has 0 radical (unpaired) electrons. The van der Waals surface area contributed by atoms with Gasteiger partial charge in [-0.05, 0) is 65.7 Å². The Morgan fingerprint density at radius 3 is 2.23 bits per heavy atom. The fourth-order valence-electron chi connectivity index (χ4n) is 5.85. The number of hydrogen-bond acceptors (Lipinski definition) is 13. The summed E-state index contributed by atoms with van der Waals surface area (Å²) in [4.78, 5) is 0. The van der Waals surface area contributed by atoms with Crippen LogP contribution in [0.2, 0.25) is 0 Å². The fourth-order valence-corrected chi connectivity index (χ4v) is 5.85. The minimum atomic E-state index is -4.67. The van der Waals surface area contributed by atoms with Gasteiger partial charge in [-0.25, -0.2) is 0 Å². The highest BCUT2D eigenvalue weighted by Gasteiger charge is 2.51. The SMILES string of the molecule is CCN[C@@H]1C[C@H](N)[C@H](O[C@H]2C[C@H](CNC)CC[C@H]2N)[C@H](O)[C@H]1O[C@@H]1OC[C@@](C)(O)[C@@H](NC)[C@@H]1O.O=S(=O)(O)O. The van der Waals surface area contributed by atoms with Gasteiger partial charge in [-0.2, -0.15) is 8.42 Å². The summed E-state index contributed by atoms with van der Waals surface area (Å²) in [5.74, 6) is 0.463. The molecule has 0 aromatic heterocycles. The number of hydrogen-bond donors (Lipinski definition) is 10. The molecular weight excluding hydrogens is 538 g/mol. The molecule has 0 spiro atoms. The molecule has 3 aliphatic rings. The normalized spacial score (nSPS) is 43.4. The molecule has 0 aromatic carbocycles. The van der Waals surface area contributed by atoms with Crippen molar-refractivity contribution in [2.75, 3.05) is 33.8 Å². The maximum absolute atomic E-state index is 11.4. The Morgan fingerprint density at radius 2 is 1.67 bits per heavy atom. The van der Waals surface area contributed by atoms with Gasteiger partial charge in [-0.15, -0.1) is 0 Å². The molecule has 12 atom stereocenters. The Morgan fingerprint density at radius 1 is 1.03 bits per heavy atom. The monoisotopic (exact) mass is 587 g/mol. The molecule has 3 fully saturated rings. The standard InChI is InChI=1S/C23H47N5O6.H2O4S/c1-5-28-15-9-14(25)19(33-16-8-12(10-26-3)6-7-13(16)24)17(29)20(15)34-22-18(30)21(27-4)23(2,31)11-32-22;1-5(2,3)4/h12-22,26-31H,5-11,24-25H2,1-4H3;(H2,1,2,3,4)/t12-,13-,14+,15-,16+,17+,18+,19+,20+,21+,22+,23-;/m1./s1. The van der Waals surface area contributed by atoms with E-state index < -0.39 is 58.8 Å². The van der Waals surface area contributed by atoms with Crippen molar-refractivity contribution in [3.8, 4) is 0 Å². The van der Waals surface area contributed by atoms with Crippen LogP contribution in [0.4, 0.5) is 0 Å². The highest BCUT2D eigenvalue weighted by Crippen LogP contribution is 2.33. The van der Waals surface area contributed by atoms with Crippen molar-refractivity contribution in [1.29, 1.82) is 0 Å². The Hall–Kier alpha value is -0.570. The van der Waals surface area contributed by atoms with Gasteiger partial charge in [-0.3, -0.25) is 9.11 Å². The first-order chi connectivity index (χ1) is 18.1. The van der Waals surface area contributed by atoms with Gasteiger partial charge >= 0.3 is 10.4 Å². The molecule has 232 valence electrons. The van der Waals surface area contributed by atoms with E-state index in [4.69, 9.17) is 43.2 Å². The van der Waals surface area contributed by atoms with E-state index in [1.165, 1.54) is 0 Å². The predicted molar refractivity (Wildman–Crippen MR) is 142 cm³/mol. The lowest BCUT2D eigenvalue weighted by Crippen LogP contribution is -2.69. The second-order valence-electron chi connectivity index (χ2n) is 10.9. The van der Waals surface area contributed by atoms with E-state index in [1.54, 1.807) is 14.0 Å². The van der Waals surface area contributed by atoms with Crippen LogP contribution in [-0.2, 0) is 24.6 Å². The van der Waals surface area contributed by atoms with Gasteiger partial charge in [0.1, 0.15) is 30.0 Å². The molecular formula is C23H49N5O10S. The summed E-state index contributed by atoms with van der Waals surface area (Å²) < 4.78 is 49.9. The summed E-state index contributed by atoms with van der Waals surface area (Å²) in [5, 5.41) is 42.3. The van der Waals surface area contributed by atoms with Gasteiger partial charge in [0, 0.05) is 18.1 Å². The first kappa shape index (κ1) is 34.6. The second kappa shape index (κ2) is 15.1. The molecule has 3 rings (SSSR count). The van der Waals surface area contributed by atoms with E-state index in [-0.39, 0.29) is 24.8 Å². The van der Waals surface area contributed by atoms with Crippen molar-refractivity contribution in [2.24, 2.45) is 17.4 Å². The van der Waals surface area contributed by atoms with Gasteiger partial charge in [0.15, 0.2) is 6.29 Å². The first-order valence-electron chi connectivity index (χ1n) is 13.4. The van der Waals surface area contributed by atoms with Crippen LogP contribution in [0, 0.1) is 5.92 Å². The van der Waals surface area contributed by atoms with Crippen LogP contribution < -0.4 is 27.4 Å². The van der Waals surface area contributed by atoms with Crippen LogP contribution in [0.15, 0.2) is 0 Å². The van der Waals surface area contributed by atoms with E-state index in [0.717, 1.165) is 25.8 Å². The van der Waals surface area contributed by atoms with Crippen molar-refractivity contribution in [2.45, 2.75) is 106 Å². The Balaban J connectivity index is 0.000000976. The number of nitrogens with one attached hydrogen (secondary N) is 3. The van der Waals surface area contributed by atoms with E-state index >= 15 is 0 Å². The largest absolute Gasteiger partial charge is 0.394 e. The Bertz CT molecular complexity index is 832. The average Bonchev–Trinajstić information content (AvgIpc) is 2.81.